The first-order valence-electron chi connectivity index (χ1n) is 8.81. The van der Waals surface area contributed by atoms with Crippen molar-refractivity contribution in [1.82, 2.24) is 15.4 Å². The summed E-state index contributed by atoms with van der Waals surface area (Å²) < 4.78 is 5.27. The maximum atomic E-state index is 12.6. The van der Waals surface area contributed by atoms with E-state index in [0.717, 1.165) is 37.1 Å². The van der Waals surface area contributed by atoms with Crippen molar-refractivity contribution >= 4 is 11.8 Å². The first kappa shape index (κ1) is 15.9. The van der Waals surface area contributed by atoms with E-state index in [1.54, 1.807) is 6.07 Å². The van der Waals surface area contributed by atoms with Crippen molar-refractivity contribution in [2.75, 3.05) is 13.1 Å². The number of rotatable bonds is 6. The molecule has 6 heteroatoms. The number of hydrogen-bond donors (Lipinski definition) is 1. The van der Waals surface area contributed by atoms with Gasteiger partial charge in [0.05, 0.1) is 6.04 Å². The lowest BCUT2D eigenvalue weighted by atomic mass is 10.1. The van der Waals surface area contributed by atoms with Gasteiger partial charge >= 0.3 is 0 Å². The first-order valence-corrected chi connectivity index (χ1v) is 8.81. The highest BCUT2D eigenvalue weighted by molar-refractivity contribution is 5.92. The van der Waals surface area contributed by atoms with Crippen LogP contribution in [0, 0.1) is 0 Å². The van der Waals surface area contributed by atoms with Crippen LogP contribution in [0.3, 0.4) is 0 Å². The van der Waals surface area contributed by atoms with Gasteiger partial charge in [-0.3, -0.25) is 9.59 Å². The van der Waals surface area contributed by atoms with Crippen molar-refractivity contribution in [2.45, 2.75) is 37.6 Å². The van der Waals surface area contributed by atoms with Crippen LogP contribution >= 0.6 is 0 Å². The average molecular weight is 339 g/mol. The SMILES string of the molecule is O=C(N[C@@H](CN1CCCC1=O)c1ccccc1)c1cc(C2CC2)on1. The number of nitrogens with one attached hydrogen (secondary N) is 1. The molecule has 2 aromatic rings. The molecule has 1 aromatic carbocycles. The predicted molar refractivity (Wildman–Crippen MR) is 90.9 cm³/mol. The summed E-state index contributed by atoms with van der Waals surface area (Å²) in [6, 6.07) is 11.2. The molecule has 130 valence electrons. The Kier molecular flexibility index (Phi) is 4.26. The molecule has 1 aromatic heterocycles. The van der Waals surface area contributed by atoms with Gasteiger partial charge in [-0.25, -0.2) is 0 Å². The Labute approximate surface area is 146 Å². The second kappa shape index (κ2) is 6.70. The molecule has 0 bridgehead atoms. The van der Waals surface area contributed by atoms with Crippen LogP contribution < -0.4 is 5.32 Å². The molecule has 1 aliphatic carbocycles. The van der Waals surface area contributed by atoms with Gasteiger partial charge in [-0.15, -0.1) is 0 Å². The lowest BCUT2D eigenvalue weighted by molar-refractivity contribution is -0.128. The fourth-order valence-electron chi connectivity index (χ4n) is 3.23. The fraction of sp³-hybridized carbons (Fsp3) is 0.421. The minimum atomic E-state index is -0.267. The highest BCUT2D eigenvalue weighted by Gasteiger charge is 2.30. The molecule has 1 N–H and O–H groups in total. The van der Waals surface area contributed by atoms with Crippen molar-refractivity contribution in [3.8, 4) is 0 Å². The van der Waals surface area contributed by atoms with Crippen molar-refractivity contribution in [3.05, 3.63) is 53.4 Å². The van der Waals surface area contributed by atoms with Gasteiger partial charge in [0.25, 0.3) is 5.91 Å². The normalized spacial score (nSPS) is 18.4. The molecule has 1 aliphatic heterocycles. The molecule has 2 amide bonds. The Balaban J connectivity index is 1.50. The fourth-order valence-corrected chi connectivity index (χ4v) is 3.23. The van der Waals surface area contributed by atoms with Crippen LogP contribution in [-0.4, -0.2) is 35.0 Å². The van der Waals surface area contributed by atoms with Gasteiger partial charge in [-0.05, 0) is 24.8 Å². The summed E-state index contributed by atoms with van der Waals surface area (Å²) >= 11 is 0. The summed E-state index contributed by atoms with van der Waals surface area (Å²) in [5.41, 5.74) is 1.28. The topological polar surface area (TPSA) is 75.4 Å². The molecule has 0 unspecified atom stereocenters. The molecule has 2 fully saturated rings. The number of carbonyl (C=O) groups is 2. The minimum absolute atomic E-state index is 0.146. The Hall–Kier alpha value is -2.63. The number of carbonyl (C=O) groups excluding carboxylic acids is 2. The molecule has 1 saturated heterocycles. The van der Waals surface area contributed by atoms with Gasteiger partial charge in [0.1, 0.15) is 5.76 Å². The summed E-state index contributed by atoms with van der Waals surface area (Å²) in [6.45, 7) is 1.22. The number of benzene rings is 1. The lowest BCUT2D eigenvalue weighted by Gasteiger charge is -2.24. The van der Waals surface area contributed by atoms with Crippen LogP contribution in [0.2, 0.25) is 0 Å². The van der Waals surface area contributed by atoms with Crippen molar-refractivity contribution < 1.29 is 14.1 Å². The molecule has 4 rings (SSSR count). The van der Waals surface area contributed by atoms with Gasteiger partial charge in [-0.2, -0.15) is 0 Å². The van der Waals surface area contributed by atoms with Crippen LogP contribution in [0.25, 0.3) is 0 Å². The van der Waals surface area contributed by atoms with E-state index in [1.165, 1.54) is 0 Å². The summed E-state index contributed by atoms with van der Waals surface area (Å²) in [5, 5.41) is 6.92. The Morgan fingerprint density at radius 2 is 2.12 bits per heavy atom. The monoisotopic (exact) mass is 339 g/mol. The molecule has 0 spiro atoms. The highest BCUT2D eigenvalue weighted by Crippen LogP contribution is 2.40. The van der Waals surface area contributed by atoms with E-state index in [9.17, 15) is 9.59 Å². The van der Waals surface area contributed by atoms with Gasteiger partial charge in [0.15, 0.2) is 5.69 Å². The van der Waals surface area contributed by atoms with Gasteiger partial charge in [0.2, 0.25) is 5.91 Å². The number of likely N-dealkylation sites (tertiary alicyclic amines) is 1. The summed E-state index contributed by atoms with van der Waals surface area (Å²) in [6.07, 6.45) is 3.66. The standard InChI is InChI=1S/C19H21N3O3/c23-18-7-4-10-22(18)12-16(13-5-2-1-3-6-13)20-19(24)15-11-17(25-21-15)14-8-9-14/h1-3,5-6,11,14,16H,4,7-10,12H2,(H,20,24)/t16-/m0/s1. The zero-order chi connectivity index (χ0) is 17.2. The Morgan fingerprint density at radius 3 is 2.80 bits per heavy atom. The molecule has 2 aliphatic rings. The predicted octanol–water partition coefficient (Wildman–Crippen LogP) is 2.65. The number of nitrogens with zero attached hydrogens (tertiary/aromatic N) is 2. The molecule has 25 heavy (non-hydrogen) atoms. The largest absolute Gasteiger partial charge is 0.360 e. The highest BCUT2D eigenvalue weighted by atomic mass is 16.5. The molecular formula is C19H21N3O3. The van der Waals surface area contributed by atoms with Gasteiger partial charge in [-0.1, -0.05) is 35.5 Å². The second-order valence-electron chi connectivity index (χ2n) is 6.77. The molecule has 0 radical (unpaired) electrons. The third-order valence-electron chi connectivity index (χ3n) is 4.82. The van der Waals surface area contributed by atoms with E-state index in [4.69, 9.17) is 4.52 Å². The lowest BCUT2D eigenvalue weighted by Crippen LogP contribution is -2.38. The number of amides is 2. The average Bonchev–Trinajstić information content (AvgIpc) is 3.22. The number of hydrogen-bond acceptors (Lipinski definition) is 4. The van der Waals surface area contributed by atoms with E-state index in [0.29, 0.717) is 24.6 Å². The number of aromatic nitrogens is 1. The molecule has 1 saturated carbocycles. The molecule has 2 heterocycles. The van der Waals surface area contributed by atoms with E-state index in [-0.39, 0.29) is 17.9 Å². The third kappa shape index (κ3) is 3.57. The Morgan fingerprint density at radius 1 is 1.32 bits per heavy atom. The summed E-state index contributed by atoms with van der Waals surface area (Å²) in [5.74, 6) is 1.08. The van der Waals surface area contributed by atoms with E-state index >= 15 is 0 Å². The van der Waals surface area contributed by atoms with Crippen LogP contribution in [-0.2, 0) is 4.79 Å². The second-order valence-corrected chi connectivity index (χ2v) is 6.77. The zero-order valence-corrected chi connectivity index (χ0v) is 14.0. The van der Waals surface area contributed by atoms with Crippen LogP contribution in [0.5, 0.6) is 0 Å². The van der Waals surface area contributed by atoms with Crippen LogP contribution in [0.1, 0.15) is 59.5 Å². The summed E-state index contributed by atoms with van der Waals surface area (Å²) in [4.78, 5) is 26.4. The van der Waals surface area contributed by atoms with E-state index in [1.807, 2.05) is 35.2 Å². The van der Waals surface area contributed by atoms with Gasteiger partial charge in [0, 0.05) is 31.5 Å². The third-order valence-corrected chi connectivity index (χ3v) is 4.82. The van der Waals surface area contributed by atoms with Crippen molar-refractivity contribution in [2.24, 2.45) is 0 Å². The van der Waals surface area contributed by atoms with Crippen molar-refractivity contribution in [1.29, 1.82) is 0 Å². The quantitative estimate of drug-likeness (QED) is 0.878. The van der Waals surface area contributed by atoms with E-state index in [2.05, 4.69) is 10.5 Å². The molecular weight excluding hydrogens is 318 g/mol. The zero-order valence-electron chi connectivity index (χ0n) is 14.0. The van der Waals surface area contributed by atoms with E-state index < -0.39 is 0 Å². The maximum Gasteiger partial charge on any atom is 0.274 e. The Bertz CT molecular complexity index is 767. The molecule has 6 nitrogen and oxygen atoms in total. The molecule has 1 atom stereocenters. The maximum absolute atomic E-state index is 12.6. The summed E-state index contributed by atoms with van der Waals surface area (Å²) in [7, 11) is 0. The van der Waals surface area contributed by atoms with Crippen LogP contribution in [0.15, 0.2) is 40.9 Å². The minimum Gasteiger partial charge on any atom is -0.360 e. The first-order chi connectivity index (χ1) is 12.2. The van der Waals surface area contributed by atoms with Gasteiger partial charge < -0.3 is 14.7 Å². The van der Waals surface area contributed by atoms with Crippen molar-refractivity contribution in [3.63, 3.8) is 0 Å². The smallest absolute Gasteiger partial charge is 0.274 e. The van der Waals surface area contributed by atoms with Crippen LogP contribution in [0.4, 0.5) is 0 Å².